The van der Waals surface area contributed by atoms with Gasteiger partial charge in [0.1, 0.15) is 6.29 Å². The number of thioether (sulfide) groups is 1. The quantitative estimate of drug-likeness (QED) is 0.257. The molecule has 0 bridgehead atoms. The normalized spacial score (nSPS) is 10.5. The lowest BCUT2D eigenvalue weighted by Crippen LogP contribution is -2.03. The van der Waals surface area contributed by atoms with Gasteiger partial charge in [-0.15, -0.1) is 11.8 Å². The van der Waals surface area contributed by atoms with E-state index in [1.807, 2.05) is 12.2 Å². The summed E-state index contributed by atoms with van der Waals surface area (Å²) >= 11 is 1.48. The second kappa shape index (κ2) is 11.3. The molecular weight excluding hydrogens is 216 g/mol. The molecule has 0 N–H and O–H groups in total. The maximum atomic E-state index is 10.7. The summed E-state index contributed by atoms with van der Waals surface area (Å²) in [7, 11) is 1.37. The van der Waals surface area contributed by atoms with Crippen molar-refractivity contribution in [3.63, 3.8) is 0 Å². The van der Waals surface area contributed by atoms with Crippen LogP contribution in [-0.2, 0) is 19.1 Å². The van der Waals surface area contributed by atoms with Gasteiger partial charge in [-0.05, 0) is 0 Å². The Labute approximate surface area is 94.0 Å². The summed E-state index contributed by atoms with van der Waals surface area (Å²) in [5.74, 6) is 0.912. The van der Waals surface area contributed by atoms with Crippen LogP contribution < -0.4 is 0 Å². The molecule has 0 rings (SSSR count). The molecule has 0 spiro atoms. The molecule has 4 nitrogen and oxygen atoms in total. The Hall–Kier alpha value is -0.810. The number of methoxy groups -OCH3 is 1. The second-order valence-electron chi connectivity index (χ2n) is 2.59. The Kier molecular flexibility index (Phi) is 10.7. The molecule has 0 atom stereocenters. The molecule has 0 amide bonds. The highest BCUT2D eigenvalue weighted by atomic mass is 32.2. The Morgan fingerprint density at radius 2 is 2.20 bits per heavy atom. The first-order valence-corrected chi connectivity index (χ1v) is 5.77. The first-order valence-electron chi connectivity index (χ1n) is 4.62. The van der Waals surface area contributed by atoms with Gasteiger partial charge in [0.25, 0.3) is 0 Å². The Morgan fingerprint density at radius 1 is 1.40 bits per heavy atom. The monoisotopic (exact) mass is 232 g/mol. The van der Waals surface area contributed by atoms with E-state index in [4.69, 9.17) is 4.74 Å². The van der Waals surface area contributed by atoms with Crippen LogP contribution in [0.3, 0.4) is 0 Å². The van der Waals surface area contributed by atoms with Gasteiger partial charge in [-0.3, -0.25) is 4.79 Å². The third-order valence-electron chi connectivity index (χ3n) is 1.42. The molecular formula is C10H16O4S. The van der Waals surface area contributed by atoms with Gasteiger partial charge < -0.3 is 14.3 Å². The lowest BCUT2D eigenvalue weighted by molar-refractivity contribution is -0.137. The van der Waals surface area contributed by atoms with Crippen LogP contribution >= 0.6 is 11.8 Å². The number of hydrogen-bond acceptors (Lipinski definition) is 5. The number of hydrogen-bond donors (Lipinski definition) is 0. The molecule has 0 fully saturated rings. The van der Waals surface area contributed by atoms with Crippen LogP contribution in [0.15, 0.2) is 12.2 Å². The third kappa shape index (κ3) is 11.1. The van der Waals surface area contributed by atoms with Crippen molar-refractivity contribution < 1.29 is 19.1 Å². The van der Waals surface area contributed by atoms with Gasteiger partial charge in [0, 0.05) is 12.2 Å². The molecule has 0 aromatic carbocycles. The maximum Gasteiger partial charge on any atom is 0.315 e. The molecule has 0 unspecified atom stereocenters. The van der Waals surface area contributed by atoms with Crippen LogP contribution in [0.4, 0.5) is 0 Å². The van der Waals surface area contributed by atoms with Crippen molar-refractivity contribution in [2.24, 2.45) is 0 Å². The largest absolute Gasteiger partial charge is 0.468 e. The number of aldehydes is 1. The van der Waals surface area contributed by atoms with Crippen molar-refractivity contribution in [2.45, 2.75) is 6.42 Å². The molecule has 0 aliphatic carbocycles. The minimum Gasteiger partial charge on any atom is -0.468 e. The zero-order chi connectivity index (χ0) is 11.4. The van der Waals surface area contributed by atoms with Crippen molar-refractivity contribution in [1.29, 1.82) is 0 Å². The van der Waals surface area contributed by atoms with Crippen LogP contribution in [0.1, 0.15) is 6.42 Å². The topological polar surface area (TPSA) is 52.6 Å². The van der Waals surface area contributed by atoms with Gasteiger partial charge in [-0.25, -0.2) is 0 Å². The highest BCUT2D eigenvalue weighted by Crippen LogP contribution is 2.00. The zero-order valence-corrected chi connectivity index (χ0v) is 9.63. The molecule has 0 aliphatic rings. The maximum absolute atomic E-state index is 10.7. The van der Waals surface area contributed by atoms with Gasteiger partial charge in [-0.2, -0.15) is 0 Å². The van der Waals surface area contributed by atoms with Crippen LogP contribution in [0, 0.1) is 0 Å². The van der Waals surface area contributed by atoms with Crippen LogP contribution in [0.5, 0.6) is 0 Å². The Balaban J connectivity index is 3.17. The lowest BCUT2D eigenvalue weighted by Gasteiger charge is -1.97. The van der Waals surface area contributed by atoms with Crippen molar-refractivity contribution in [3.05, 3.63) is 12.2 Å². The van der Waals surface area contributed by atoms with Gasteiger partial charge in [0.05, 0.1) is 26.1 Å². The average molecular weight is 232 g/mol. The fourth-order valence-corrected chi connectivity index (χ4v) is 1.36. The summed E-state index contributed by atoms with van der Waals surface area (Å²) in [5.41, 5.74) is 0. The first kappa shape index (κ1) is 14.2. The van der Waals surface area contributed by atoms with E-state index in [-0.39, 0.29) is 5.97 Å². The summed E-state index contributed by atoms with van der Waals surface area (Å²) in [5, 5.41) is 0. The summed E-state index contributed by atoms with van der Waals surface area (Å²) in [6.07, 6.45) is 5.06. The van der Waals surface area contributed by atoms with E-state index < -0.39 is 0 Å². The van der Waals surface area contributed by atoms with Crippen LogP contribution in [0.25, 0.3) is 0 Å². The van der Waals surface area contributed by atoms with E-state index in [9.17, 15) is 9.59 Å². The zero-order valence-electron chi connectivity index (χ0n) is 8.81. The Bertz CT molecular complexity index is 204. The summed E-state index contributed by atoms with van der Waals surface area (Å²) in [4.78, 5) is 20.6. The standard InChI is InChI=1S/C10H16O4S/c1-13-10(12)9-15-8-3-2-6-14-7-4-5-11/h2-3,5H,4,6-9H2,1H3. The highest BCUT2D eigenvalue weighted by molar-refractivity contribution is 8.00. The van der Waals surface area contributed by atoms with Gasteiger partial charge in [0.2, 0.25) is 0 Å². The fraction of sp³-hybridized carbons (Fsp3) is 0.600. The van der Waals surface area contributed by atoms with E-state index in [0.717, 1.165) is 12.0 Å². The van der Waals surface area contributed by atoms with Crippen LogP contribution in [-0.4, -0.2) is 44.1 Å². The summed E-state index contributed by atoms with van der Waals surface area (Å²) < 4.78 is 9.58. The molecule has 15 heavy (non-hydrogen) atoms. The van der Waals surface area contributed by atoms with Crippen molar-refractivity contribution in [2.75, 3.05) is 31.8 Å². The molecule has 0 aromatic heterocycles. The van der Waals surface area contributed by atoms with Crippen molar-refractivity contribution >= 4 is 24.0 Å². The fourth-order valence-electron chi connectivity index (χ4n) is 0.688. The molecule has 5 heteroatoms. The van der Waals surface area contributed by atoms with Gasteiger partial charge in [0.15, 0.2) is 0 Å². The smallest absolute Gasteiger partial charge is 0.315 e. The first-order chi connectivity index (χ1) is 7.31. The van der Waals surface area contributed by atoms with Crippen molar-refractivity contribution in [1.82, 2.24) is 0 Å². The molecule has 0 aromatic rings. The van der Waals surface area contributed by atoms with E-state index >= 15 is 0 Å². The minimum absolute atomic E-state index is 0.212. The molecule has 0 heterocycles. The van der Waals surface area contributed by atoms with E-state index in [0.29, 0.717) is 25.4 Å². The Morgan fingerprint density at radius 3 is 2.87 bits per heavy atom. The minimum atomic E-state index is -0.212. The summed E-state index contributed by atoms with van der Waals surface area (Å²) in [6, 6.07) is 0. The second-order valence-corrected chi connectivity index (χ2v) is 3.62. The van der Waals surface area contributed by atoms with E-state index in [2.05, 4.69) is 4.74 Å². The molecule has 0 saturated heterocycles. The third-order valence-corrected chi connectivity index (χ3v) is 2.29. The predicted molar refractivity (Wildman–Crippen MR) is 60.0 cm³/mol. The van der Waals surface area contributed by atoms with Gasteiger partial charge >= 0.3 is 5.97 Å². The molecule has 0 aliphatic heterocycles. The van der Waals surface area contributed by atoms with Gasteiger partial charge in [-0.1, -0.05) is 12.2 Å². The highest BCUT2D eigenvalue weighted by Gasteiger charge is 1.96. The number of carbonyl (C=O) groups excluding carboxylic acids is 2. The van der Waals surface area contributed by atoms with Crippen molar-refractivity contribution in [3.8, 4) is 0 Å². The predicted octanol–water partition coefficient (Wildman–Crippen LogP) is 1.05. The van der Waals surface area contributed by atoms with Crippen LogP contribution in [0.2, 0.25) is 0 Å². The summed E-state index contributed by atoms with van der Waals surface area (Å²) in [6.45, 7) is 0.968. The number of esters is 1. The van der Waals surface area contributed by atoms with E-state index in [1.165, 1.54) is 18.9 Å². The van der Waals surface area contributed by atoms with E-state index in [1.54, 1.807) is 0 Å². The molecule has 0 saturated carbocycles. The molecule has 0 radical (unpaired) electrons. The number of carbonyl (C=O) groups is 2. The SMILES string of the molecule is COC(=O)CSCC=CCOCCC=O. The molecule has 86 valence electrons. The average Bonchev–Trinajstić information content (AvgIpc) is 2.26. The number of ether oxygens (including phenoxy) is 2. The lowest BCUT2D eigenvalue weighted by atomic mass is 10.5. The number of rotatable bonds is 9.